The van der Waals surface area contributed by atoms with Crippen molar-refractivity contribution in [2.75, 3.05) is 0 Å². The smallest absolute Gasteiger partial charge is 0.253 e. The van der Waals surface area contributed by atoms with Gasteiger partial charge in [0, 0.05) is 44.0 Å². The third-order valence-electron chi connectivity index (χ3n) is 16.2. The van der Waals surface area contributed by atoms with Gasteiger partial charge in [0.05, 0.1) is 16.7 Å². The Bertz CT molecular complexity index is 4000. The van der Waals surface area contributed by atoms with Crippen LogP contribution in [0.3, 0.4) is 0 Å². The summed E-state index contributed by atoms with van der Waals surface area (Å²) in [5.41, 5.74) is 26.0. The van der Waals surface area contributed by atoms with E-state index in [4.69, 9.17) is 0 Å². The van der Waals surface area contributed by atoms with Crippen LogP contribution in [0.4, 0.5) is 0 Å². The normalized spacial score (nSPS) is 14.3. The second kappa shape index (κ2) is 13.4. The lowest BCUT2D eigenvalue weighted by atomic mass is 9.33. The molecule has 0 spiro atoms. The van der Waals surface area contributed by atoms with Crippen LogP contribution in [0.5, 0.6) is 0 Å². The van der Waals surface area contributed by atoms with Gasteiger partial charge in [-0.05, 0) is 136 Å². The van der Waals surface area contributed by atoms with Gasteiger partial charge in [0.15, 0.2) is 0 Å². The molecular formula is C65H53BN2. The summed E-state index contributed by atoms with van der Waals surface area (Å²) in [6.45, 7) is 18.9. The predicted molar refractivity (Wildman–Crippen MR) is 291 cm³/mol. The van der Waals surface area contributed by atoms with Crippen molar-refractivity contribution < 1.29 is 0 Å². The van der Waals surface area contributed by atoms with Crippen molar-refractivity contribution in [1.29, 1.82) is 0 Å². The van der Waals surface area contributed by atoms with Crippen molar-refractivity contribution in [2.45, 2.75) is 71.6 Å². The van der Waals surface area contributed by atoms with Gasteiger partial charge in [0.25, 0.3) is 6.71 Å². The molecule has 3 heteroatoms. The van der Waals surface area contributed by atoms with Crippen LogP contribution in [0.1, 0.15) is 77.6 Å². The monoisotopic (exact) mass is 872 g/mol. The van der Waals surface area contributed by atoms with Crippen LogP contribution in [0.25, 0.3) is 99.5 Å². The number of rotatable bonds is 3. The van der Waals surface area contributed by atoms with Crippen molar-refractivity contribution in [1.82, 2.24) is 9.13 Å². The fourth-order valence-electron chi connectivity index (χ4n) is 12.8. The molecular weight excluding hydrogens is 820 g/mol. The zero-order chi connectivity index (χ0) is 46.2. The molecule has 1 aliphatic carbocycles. The van der Waals surface area contributed by atoms with E-state index in [0.717, 1.165) is 0 Å². The number of aromatic nitrogens is 2. The first-order chi connectivity index (χ1) is 32.8. The Labute approximate surface area is 399 Å². The quantitative estimate of drug-likeness (QED) is 0.157. The molecule has 2 aromatic heterocycles. The average molecular weight is 873 g/mol. The van der Waals surface area contributed by atoms with Crippen LogP contribution < -0.4 is 16.4 Å². The van der Waals surface area contributed by atoms with E-state index in [-0.39, 0.29) is 23.0 Å². The maximum absolute atomic E-state index is 2.69. The number of fused-ring (bicyclic) bond motifs is 12. The van der Waals surface area contributed by atoms with Crippen LogP contribution in [0, 0.1) is 0 Å². The SMILES string of the molecule is CC(C)(C)c1ccc2c(c1)c1cc(C(C)(C)C)cc3c1n2-c1cc(-c2ccc4c(c2)C(C)(C)c2ccccc2-4)cc2c1B3c1c3ccccc3cc3c(-c4ccccc4)c(-c4ccccc4)n-2c13. The lowest BCUT2D eigenvalue weighted by Gasteiger charge is -2.36. The topological polar surface area (TPSA) is 9.86 Å². The second-order valence-electron chi connectivity index (χ2n) is 22.5. The summed E-state index contributed by atoms with van der Waals surface area (Å²) in [6, 6.07) is 67.8. The zero-order valence-corrected chi connectivity index (χ0v) is 40.2. The fraction of sp³-hybridized carbons (Fsp3) is 0.169. The lowest BCUT2D eigenvalue weighted by molar-refractivity contribution is 0.590. The van der Waals surface area contributed by atoms with E-state index in [2.05, 4.69) is 240 Å². The Hall–Kier alpha value is -7.36. The Balaban J connectivity index is 1.20. The van der Waals surface area contributed by atoms with Gasteiger partial charge in [0.2, 0.25) is 0 Å². The van der Waals surface area contributed by atoms with Crippen molar-refractivity contribution in [3.05, 3.63) is 198 Å². The average Bonchev–Trinajstić information content (AvgIpc) is 3.94. The second-order valence-corrected chi connectivity index (χ2v) is 22.5. The number of hydrogen-bond donors (Lipinski definition) is 0. The van der Waals surface area contributed by atoms with Gasteiger partial charge in [-0.25, -0.2) is 0 Å². The summed E-state index contributed by atoms with van der Waals surface area (Å²) in [5.74, 6) is 0. The van der Waals surface area contributed by atoms with E-state index in [0.29, 0.717) is 0 Å². The maximum Gasteiger partial charge on any atom is 0.253 e. The van der Waals surface area contributed by atoms with E-state index in [1.807, 2.05) is 0 Å². The molecule has 3 aliphatic rings. The Morgan fingerprint density at radius 1 is 0.426 bits per heavy atom. The molecule has 0 unspecified atom stereocenters. The fourth-order valence-corrected chi connectivity index (χ4v) is 12.8. The van der Waals surface area contributed by atoms with Crippen LogP contribution in [-0.2, 0) is 16.2 Å². The van der Waals surface area contributed by atoms with Crippen molar-refractivity contribution in [2.24, 2.45) is 0 Å². The van der Waals surface area contributed by atoms with E-state index >= 15 is 0 Å². The first-order valence-electron chi connectivity index (χ1n) is 24.5. The first kappa shape index (κ1) is 39.8. The van der Waals surface area contributed by atoms with Gasteiger partial charge in [-0.15, -0.1) is 0 Å². The lowest BCUT2D eigenvalue weighted by Crippen LogP contribution is -2.60. The Kier molecular flexibility index (Phi) is 7.85. The van der Waals surface area contributed by atoms with E-state index in [1.165, 1.54) is 138 Å². The molecule has 0 saturated heterocycles. The van der Waals surface area contributed by atoms with Gasteiger partial charge >= 0.3 is 0 Å². The first-order valence-corrected chi connectivity index (χ1v) is 24.5. The Morgan fingerprint density at radius 2 is 1.07 bits per heavy atom. The third-order valence-corrected chi connectivity index (χ3v) is 16.2. The highest BCUT2D eigenvalue weighted by molar-refractivity contribution is 7.01. The minimum atomic E-state index is -0.121. The molecule has 0 bridgehead atoms. The standard InChI is InChI=1S/C65H53BN2/c1-63(2,3)43-28-30-54-48(35-43)49-36-44(64(4,5)6)37-53-61(49)67(54)55-33-42(40-27-29-47-46-25-17-18-26-51(46)65(7,8)52(47)32-40)34-56-59(55)66(53)58-45-24-16-15-23-41(45)31-50-57(38-19-11-9-12-20-38)60(68(56)62(50)58)39-21-13-10-14-22-39/h9-37H,1-8H3. The van der Waals surface area contributed by atoms with Crippen molar-refractivity contribution >= 4 is 66.6 Å². The molecule has 0 atom stereocenters. The molecule has 0 N–H and O–H groups in total. The molecule has 326 valence electrons. The molecule has 0 radical (unpaired) electrons. The summed E-state index contributed by atoms with van der Waals surface area (Å²) in [7, 11) is 0. The van der Waals surface area contributed by atoms with Crippen LogP contribution in [0.2, 0.25) is 0 Å². The highest BCUT2D eigenvalue weighted by atomic mass is 15.0. The largest absolute Gasteiger partial charge is 0.310 e. The minimum Gasteiger partial charge on any atom is -0.310 e. The summed E-state index contributed by atoms with van der Waals surface area (Å²) in [5, 5.41) is 6.56. The van der Waals surface area contributed by atoms with Gasteiger partial charge in [-0.2, -0.15) is 0 Å². The molecule has 9 aromatic carbocycles. The maximum atomic E-state index is 2.69. The molecule has 0 amide bonds. The number of nitrogens with zero attached hydrogens (tertiary/aromatic N) is 2. The summed E-state index contributed by atoms with van der Waals surface area (Å²) in [6.07, 6.45) is 0. The van der Waals surface area contributed by atoms with E-state index in [9.17, 15) is 0 Å². The third kappa shape index (κ3) is 5.25. The highest BCUT2D eigenvalue weighted by Crippen LogP contribution is 2.51. The van der Waals surface area contributed by atoms with Crippen molar-refractivity contribution in [3.8, 4) is 56.0 Å². The van der Waals surface area contributed by atoms with E-state index < -0.39 is 0 Å². The molecule has 11 aromatic rings. The highest BCUT2D eigenvalue weighted by Gasteiger charge is 2.44. The molecule has 68 heavy (non-hydrogen) atoms. The number of hydrogen-bond acceptors (Lipinski definition) is 0. The summed E-state index contributed by atoms with van der Waals surface area (Å²) < 4.78 is 5.36. The minimum absolute atomic E-state index is 0.000355. The molecule has 14 rings (SSSR count). The summed E-state index contributed by atoms with van der Waals surface area (Å²) >= 11 is 0. The van der Waals surface area contributed by atoms with Crippen LogP contribution in [0.15, 0.2) is 176 Å². The summed E-state index contributed by atoms with van der Waals surface area (Å²) in [4.78, 5) is 0. The van der Waals surface area contributed by atoms with Crippen LogP contribution in [-0.4, -0.2) is 15.8 Å². The molecule has 2 aliphatic heterocycles. The van der Waals surface area contributed by atoms with Crippen molar-refractivity contribution in [3.63, 3.8) is 0 Å². The van der Waals surface area contributed by atoms with Crippen LogP contribution >= 0.6 is 0 Å². The van der Waals surface area contributed by atoms with Gasteiger partial charge in [-0.1, -0.05) is 189 Å². The molecule has 0 saturated carbocycles. The van der Waals surface area contributed by atoms with Gasteiger partial charge in [-0.3, -0.25) is 0 Å². The van der Waals surface area contributed by atoms with E-state index in [1.54, 1.807) is 0 Å². The van der Waals surface area contributed by atoms with Gasteiger partial charge in [0.1, 0.15) is 0 Å². The predicted octanol–water partition coefficient (Wildman–Crippen LogP) is 14.9. The Morgan fingerprint density at radius 3 is 1.82 bits per heavy atom. The molecule has 0 fully saturated rings. The number of benzene rings is 9. The zero-order valence-electron chi connectivity index (χ0n) is 40.2. The molecule has 4 heterocycles. The van der Waals surface area contributed by atoms with Gasteiger partial charge < -0.3 is 9.13 Å². The molecule has 2 nitrogen and oxygen atoms in total.